The molecule has 152 valence electrons. The zero-order valence-corrected chi connectivity index (χ0v) is 16.7. The monoisotopic (exact) mass is 387 g/mol. The molecule has 3 rings (SSSR count). The van der Waals surface area contributed by atoms with Crippen LogP contribution in [0.15, 0.2) is 12.3 Å². The molecule has 1 saturated carbocycles. The zero-order chi connectivity index (χ0) is 20.4. The van der Waals surface area contributed by atoms with Gasteiger partial charge in [-0.3, -0.25) is 14.4 Å². The Hall–Kier alpha value is -2.64. The van der Waals surface area contributed by atoms with Crippen LogP contribution in [0.3, 0.4) is 0 Å². The molecule has 8 heteroatoms. The van der Waals surface area contributed by atoms with Gasteiger partial charge in [0.2, 0.25) is 5.91 Å². The Morgan fingerprint density at radius 2 is 1.96 bits per heavy atom. The molecule has 2 aliphatic rings. The maximum Gasteiger partial charge on any atom is 0.313 e. The van der Waals surface area contributed by atoms with Gasteiger partial charge in [-0.05, 0) is 56.1 Å². The number of aromatic nitrogens is 1. The van der Waals surface area contributed by atoms with E-state index in [9.17, 15) is 14.4 Å². The molecule has 1 aromatic rings. The lowest BCUT2D eigenvalue weighted by Crippen LogP contribution is -2.57. The molecule has 2 fully saturated rings. The van der Waals surface area contributed by atoms with E-state index in [1.807, 2.05) is 0 Å². The molecule has 1 aliphatic carbocycles. The Balaban J connectivity index is 1.65. The third-order valence-corrected chi connectivity index (χ3v) is 5.82. The zero-order valence-electron chi connectivity index (χ0n) is 16.7. The van der Waals surface area contributed by atoms with Crippen LogP contribution in [-0.2, 0) is 14.4 Å². The van der Waals surface area contributed by atoms with E-state index in [2.05, 4.69) is 22.5 Å². The largest absolute Gasteiger partial charge is 0.383 e. The third kappa shape index (κ3) is 4.43. The summed E-state index contributed by atoms with van der Waals surface area (Å²) in [7, 11) is 0. The van der Waals surface area contributed by atoms with Crippen molar-refractivity contribution < 1.29 is 14.4 Å². The predicted octanol–water partition coefficient (Wildman–Crippen LogP) is 1.45. The van der Waals surface area contributed by atoms with E-state index in [1.165, 1.54) is 13.1 Å². The van der Waals surface area contributed by atoms with Crippen LogP contribution in [0.5, 0.6) is 0 Å². The van der Waals surface area contributed by atoms with Crippen LogP contribution in [0.1, 0.15) is 45.1 Å². The van der Waals surface area contributed by atoms with Gasteiger partial charge in [-0.2, -0.15) is 0 Å². The molecule has 2 heterocycles. The van der Waals surface area contributed by atoms with Crippen molar-refractivity contribution in [3.05, 3.63) is 17.8 Å². The highest BCUT2D eigenvalue weighted by Gasteiger charge is 2.43. The Morgan fingerprint density at radius 3 is 2.61 bits per heavy atom. The molecule has 1 aromatic heterocycles. The van der Waals surface area contributed by atoms with E-state index < -0.39 is 11.8 Å². The van der Waals surface area contributed by atoms with Crippen molar-refractivity contribution in [1.29, 1.82) is 0 Å². The molecule has 0 aromatic carbocycles. The summed E-state index contributed by atoms with van der Waals surface area (Å²) in [6.45, 7) is 5.99. The number of nitrogens with two attached hydrogens (primary N) is 1. The standard InChI is InChI=1S/C20H29N5O3/c1-11-4-5-17(14-7-15(8-14)23-13(3)26)25(10-11)20(28)19(27)24-16-6-12(2)18(21)22-9-16/h6,9,11,14-15,17H,4-5,7-8,10H2,1-3H3,(H2,21,22)(H,23,26)(H,24,27)/t11-,14?,15?,17+/m0/s1. The smallest absolute Gasteiger partial charge is 0.313 e. The van der Waals surface area contributed by atoms with E-state index in [1.54, 1.807) is 17.9 Å². The number of hydrogen-bond acceptors (Lipinski definition) is 5. The molecule has 0 radical (unpaired) electrons. The van der Waals surface area contributed by atoms with Gasteiger partial charge in [0, 0.05) is 25.6 Å². The lowest BCUT2D eigenvalue weighted by molar-refractivity contribution is -0.148. The van der Waals surface area contributed by atoms with Gasteiger partial charge in [0.15, 0.2) is 0 Å². The first-order valence-electron chi connectivity index (χ1n) is 9.85. The van der Waals surface area contributed by atoms with Crippen LogP contribution in [0.4, 0.5) is 11.5 Å². The second kappa shape index (κ2) is 8.16. The number of nitrogens with one attached hydrogen (secondary N) is 2. The van der Waals surface area contributed by atoms with Gasteiger partial charge < -0.3 is 21.3 Å². The van der Waals surface area contributed by atoms with Gasteiger partial charge in [-0.25, -0.2) is 4.98 Å². The summed E-state index contributed by atoms with van der Waals surface area (Å²) in [6, 6.07) is 1.93. The van der Waals surface area contributed by atoms with Gasteiger partial charge in [0.05, 0.1) is 11.9 Å². The number of carbonyl (C=O) groups excluding carboxylic acids is 3. The van der Waals surface area contributed by atoms with Crippen LogP contribution in [0.2, 0.25) is 0 Å². The minimum absolute atomic E-state index is 0.0274. The summed E-state index contributed by atoms with van der Waals surface area (Å²) in [4.78, 5) is 42.5. The number of aryl methyl sites for hydroxylation is 1. The number of rotatable bonds is 3. The highest BCUT2D eigenvalue weighted by atomic mass is 16.2. The van der Waals surface area contributed by atoms with Crippen molar-refractivity contribution in [1.82, 2.24) is 15.2 Å². The highest BCUT2D eigenvalue weighted by molar-refractivity contribution is 6.39. The maximum atomic E-state index is 12.9. The summed E-state index contributed by atoms with van der Waals surface area (Å²) < 4.78 is 0. The van der Waals surface area contributed by atoms with Gasteiger partial charge in [0.1, 0.15) is 5.82 Å². The molecule has 1 aliphatic heterocycles. The average molecular weight is 387 g/mol. The molecular weight excluding hydrogens is 358 g/mol. The number of amides is 3. The molecular formula is C20H29N5O3. The Bertz CT molecular complexity index is 775. The Morgan fingerprint density at radius 1 is 1.25 bits per heavy atom. The van der Waals surface area contributed by atoms with Crippen molar-refractivity contribution in [2.75, 3.05) is 17.6 Å². The SMILES string of the molecule is CC(=O)NC1CC([C@H]2CC[C@H](C)CN2C(=O)C(=O)Nc2cnc(N)c(C)c2)C1. The van der Waals surface area contributed by atoms with Crippen LogP contribution in [-0.4, -0.2) is 46.2 Å². The van der Waals surface area contributed by atoms with E-state index in [4.69, 9.17) is 5.73 Å². The van der Waals surface area contributed by atoms with E-state index in [0.717, 1.165) is 31.2 Å². The topological polar surface area (TPSA) is 117 Å². The lowest BCUT2D eigenvalue weighted by Gasteiger charge is -2.48. The van der Waals surface area contributed by atoms with Crippen molar-refractivity contribution in [2.45, 2.75) is 58.5 Å². The third-order valence-electron chi connectivity index (χ3n) is 5.82. The van der Waals surface area contributed by atoms with E-state index in [-0.39, 0.29) is 18.0 Å². The van der Waals surface area contributed by atoms with Gasteiger partial charge in [-0.15, -0.1) is 0 Å². The lowest BCUT2D eigenvalue weighted by atomic mass is 9.71. The van der Waals surface area contributed by atoms with Crippen LogP contribution < -0.4 is 16.4 Å². The van der Waals surface area contributed by atoms with Gasteiger partial charge in [-0.1, -0.05) is 6.92 Å². The number of likely N-dealkylation sites (tertiary alicyclic amines) is 1. The maximum absolute atomic E-state index is 12.9. The van der Waals surface area contributed by atoms with Gasteiger partial charge in [0.25, 0.3) is 0 Å². The molecule has 4 N–H and O–H groups in total. The van der Waals surface area contributed by atoms with Gasteiger partial charge >= 0.3 is 11.8 Å². The Labute approximate surface area is 165 Å². The van der Waals surface area contributed by atoms with Crippen LogP contribution in [0.25, 0.3) is 0 Å². The van der Waals surface area contributed by atoms with E-state index in [0.29, 0.717) is 29.9 Å². The quantitative estimate of drug-likeness (QED) is 0.679. The molecule has 2 atom stereocenters. The van der Waals surface area contributed by atoms with Crippen LogP contribution in [0, 0.1) is 18.8 Å². The Kier molecular flexibility index (Phi) is 5.86. The first kappa shape index (κ1) is 20.1. The fourth-order valence-corrected chi connectivity index (χ4v) is 4.25. The number of nitrogens with zero attached hydrogens (tertiary/aromatic N) is 2. The number of carbonyl (C=O) groups is 3. The predicted molar refractivity (Wildman–Crippen MR) is 106 cm³/mol. The fourth-order valence-electron chi connectivity index (χ4n) is 4.25. The summed E-state index contributed by atoms with van der Waals surface area (Å²) >= 11 is 0. The molecule has 1 saturated heterocycles. The minimum atomic E-state index is -0.650. The minimum Gasteiger partial charge on any atom is -0.383 e. The summed E-state index contributed by atoms with van der Waals surface area (Å²) in [5.41, 5.74) is 6.90. The van der Waals surface area contributed by atoms with Crippen molar-refractivity contribution in [3.8, 4) is 0 Å². The number of anilines is 2. The molecule has 28 heavy (non-hydrogen) atoms. The second-order valence-corrected chi connectivity index (χ2v) is 8.22. The van der Waals surface area contributed by atoms with Crippen molar-refractivity contribution in [2.24, 2.45) is 11.8 Å². The normalized spacial score (nSPS) is 26.9. The number of piperidine rings is 1. The van der Waals surface area contributed by atoms with Crippen molar-refractivity contribution in [3.63, 3.8) is 0 Å². The summed E-state index contributed by atoms with van der Waals surface area (Å²) in [5, 5.41) is 5.57. The molecule has 0 spiro atoms. The summed E-state index contributed by atoms with van der Waals surface area (Å²) in [6.07, 6.45) is 5.09. The fraction of sp³-hybridized carbons (Fsp3) is 0.600. The molecule has 0 unspecified atom stereocenters. The average Bonchev–Trinajstić information content (AvgIpc) is 2.60. The second-order valence-electron chi connectivity index (χ2n) is 8.22. The molecule has 8 nitrogen and oxygen atoms in total. The summed E-state index contributed by atoms with van der Waals surface area (Å²) in [5.74, 6) is -0.105. The van der Waals surface area contributed by atoms with E-state index >= 15 is 0 Å². The molecule has 3 amide bonds. The van der Waals surface area contributed by atoms with Crippen molar-refractivity contribution >= 4 is 29.2 Å². The van der Waals surface area contributed by atoms with Crippen LogP contribution >= 0.6 is 0 Å². The first-order chi connectivity index (χ1) is 13.2. The molecule has 0 bridgehead atoms. The number of hydrogen-bond donors (Lipinski definition) is 3. The highest BCUT2D eigenvalue weighted by Crippen LogP contribution is 2.38. The number of nitrogen functional groups attached to an aromatic ring is 1. The number of pyridine rings is 1. The first-order valence-corrected chi connectivity index (χ1v) is 9.85.